The molecule has 1 atom stereocenters. The topological polar surface area (TPSA) is 32.3 Å². The fourth-order valence-electron chi connectivity index (χ4n) is 1.71. The van der Waals surface area contributed by atoms with E-state index in [1.807, 2.05) is 6.92 Å². The lowest BCUT2D eigenvalue weighted by Gasteiger charge is -2.12. The number of thioether (sulfide) groups is 1. The molecule has 0 bridgehead atoms. The third-order valence-electron chi connectivity index (χ3n) is 2.78. The van der Waals surface area contributed by atoms with Crippen molar-refractivity contribution in [3.05, 3.63) is 29.3 Å². The molecule has 0 aliphatic rings. The molecule has 0 radical (unpaired) electrons. The fourth-order valence-corrected chi connectivity index (χ4v) is 2.64. The molecule has 0 amide bonds. The van der Waals surface area contributed by atoms with E-state index in [1.165, 1.54) is 16.0 Å². The molecular formula is C15H25NOS. The Labute approximate surface area is 115 Å². The zero-order valence-corrected chi connectivity index (χ0v) is 12.7. The first-order chi connectivity index (χ1) is 8.52. The third kappa shape index (κ3) is 5.42. The zero-order valence-electron chi connectivity index (χ0n) is 11.9. The maximum atomic E-state index is 9.06. The standard InChI is InChI=1S/C15H25NOS/c1-11(2)8-16-9-14-5-6-15(7-12(14)3)18-13(4)10-17/h5-7,11,13,16-17H,8-10H2,1-4H3. The molecule has 0 aliphatic heterocycles. The van der Waals surface area contributed by atoms with Crippen molar-refractivity contribution < 1.29 is 5.11 Å². The van der Waals surface area contributed by atoms with Gasteiger partial charge in [-0.1, -0.05) is 26.8 Å². The largest absolute Gasteiger partial charge is 0.395 e. The normalized spacial score (nSPS) is 13.0. The average molecular weight is 267 g/mol. The number of aliphatic hydroxyl groups excluding tert-OH is 1. The Morgan fingerprint density at radius 1 is 1.28 bits per heavy atom. The molecular weight excluding hydrogens is 242 g/mol. The van der Waals surface area contributed by atoms with E-state index in [4.69, 9.17) is 5.11 Å². The minimum atomic E-state index is 0.224. The van der Waals surface area contributed by atoms with Crippen LogP contribution in [0.5, 0.6) is 0 Å². The summed E-state index contributed by atoms with van der Waals surface area (Å²) >= 11 is 1.72. The molecule has 1 aromatic rings. The van der Waals surface area contributed by atoms with Gasteiger partial charge < -0.3 is 10.4 Å². The Morgan fingerprint density at radius 3 is 2.56 bits per heavy atom. The van der Waals surface area contributed by atoms with E-state index in [0.717, 1.165) is 13.1 Å². The lowest BCUT2D eigenvalue weighted by Crippen LogP contribution is -2.19. The lowest BCUT2D eigenvalue weighted by atomic mass is 10.1. The van der Waals surface area contributed by atoms with Gasteiger partial charge >= 0.3 is 0 Å². The third-order valence-corrected chi connectivity index (χ3v) is 3.85. The molecule has 1 rings (SSSR count). The molecule has 0 saturated heterocycles. The second-order valence-electron chi connectivity index (χ2n) is 5.22. The molecule has 1 aromatic carbocycles. The van der Waals surface area contributed by atoms with Crippen LogP contribution in [0.25, 0.3) is 0 Å². The molecule has 0 heterocycles. The molecule has 18 heavy (non-hydrogen) atoms. The monoisotopic (exact) mass is 267 g/mol. The summed E-state index contributed by atoms with van der Waals surface area (Å²) in [6.07, 6.45) is 0. The number of benzene rings is 1. The summed E-state index contributed by atoms with van der Waals surface area (Å²) in [6, 6.07) is 6.55. The summed E-state index contributed by atoms with van der Waals surface area (Å²) in [5.74, 6) is 0.686. The molecule has 2 N–H and O–H groups in total. The first-order valence-electron chi connectivity index (χ1n) is 6.60. The van der Waals surface area contributed by atoms with Gasteiger partial charge in [-0.3, -0.25) is 0 Å². The first kappa shape index (κ1) is 15.5. The van der Waals surface area contributed by atoms with Gasteiger partial charge in [-0.2, -0.15) is 0 Å². The Kier molecular flexibility index (Phi) is 6.76. The van der Waals surface area contributed by atoms with Crippen LogP contribution in [0.1, 0.15) is 31.9 Å². The number of hydrogen-bond donors (Lipinski definition) is 2. The molecule has 102 valence electrons. The minimum absolute atomic E-state index is 0.224. The highest BCUT2D eigenvalue weighted by atomic mass is 32.2. The van der Waals surface area contributed by atoms with Gasteiger partial charge in [0.1, 0.15) is 0 Å². The van der Waals surface area contributed by atoms with Crippen LogP contribution in [0, 0.1) is 12.8 Å². The number of aryl methyl sites for hydroxylation is 1. The van der Waals surface area contributed by atoms with Crippen LogP contribution in [0.4, 0.5) is 0 Å². The molecule has 3 heteroatoms. The molecule has 0 aliphatic carbocycles. The molecule has 0 saturated carbocycles. The van der Waals surface area contributed by atoms with Gasteiger partial charge in [0.2, 0.25) is 0 Å². The van der Waals surface area contributed by atoms with Crippen LogP contribution in [-0.4, -0.2) is 23.5 Å². The number of nitrogens with one attached hydrogen (secondary N) is 1. The summed E-state index contributed by atoms with van der Waals surface area (Å²) in [6.45, 7) is 10.8. The summed E-state index contributed by atoms with van der Waals surface area (Å²) < 4.78 is 0. The van der Waals surface area contributed by atoms with Crippen LogP contribution >= 0.6 is 11.8 Å². The Bertz CT molecular complexity index is 366. The van der Waals surface area contributed by atoms with E-state index in [9.17, 15) is 0 Å². The van der Waals surface area contributed by atoms with Crippen molar-refractivity contribution in [2.75, 3.05) is 13.2 Å². The number of hydrogen-bond acceptors (Lipinski definition) is 3. The van der Waals surface area contributed by atoms with Crippen LogP contribution < -0.4 is 5.32 Å². The van der Waals surface area contributed by atoms with E-state index in [0.29, 0.717) is 5.92 Å². The van der Waals surface area contributed by atoms with Crippen molar-refractivity contribution in [3.63, 3.8) is 0 Å². The molecule has 0 aromatic heterocycles. The second kappa shape index (κ2) is 7.82. The fraction of sp³-hybridized carbons (Fsp3) is 0.600. The molecule has 0 spiro atoms. The second-order valence-corrected chi connectivity index (χ2v) is 6.74. The van der Waals surface area contributed by atoms with Crippen molar-refractivity contribution in [2.24, 2.45) is 5.92 Å². The highest BCUT2D eigenvalue weighted by Gasteiger charge is 2.05. The quantitative estimate of drug-likeness (QED) is 0.744. The van der Waals surface area contributed by atoms with Crippen molar-refractivity contribution in [1.82, 2.24) is 5.32 Å². The predicted molar refractivity (Wildman–Crippen MR) is 80.1 cm³/mol. The zero-order chi connectivity index (χ0) is 13.5. The summed E-state index contributed by atoms with van der Waals surface area (Å²) in [7, 11) is 0. The van der Waals surface area contributed by atoms with Crippen molar-refractivity contribution in [3.8, 4) is 0 Å². The smallest absolute Gasteiger partial charge is 0.0550 e. The summed E-state index contributed by atoms with van der Waals surface area (Å²) in [4.78, 5) is 1.24. The van der Waals surface area contributed by atoms with E-state index in [-0.39, 0.29) is 11.9 Å². The number of aliphatic hydroxyl groups is 1. The average Bonchev–Trinajstić information content (AvgIpc) is 2.31. The maximum absolute atomic E-state index is 9.06. The summed E-state index contributed by atoms with van der Waals surface area (Å²) in [5.41, 5.74) is 2.68. The van der Waals surface area contributed by atoms with Gasteiger partial charge in [-0.15, -0.1) is 11.8 Å². The highest BCUT2D eigenvalue weighted by Crippen LogP contribution is 2.25. The maximum Gasteiger partial charge on any atom is 0.0550 e. The van der Waals surface area contributed by atoms with Crippen molar-refractivity contribution >= 4 is 11.8 Å². The Morgan fingerprint density at radius 2 is 2.00 bits per heavy atom. The van der Waals surface area contributed by atoms with E-state index < -0.39 is 0 Å². The molecule has 0 fully saturated rings. The number of rotatable bonds is 7. The Hall–Kier alpha value is -0.510. The minimum Gasteiger partial charge on any atom is -0.395 e. The highest BCUT2D eigenvalue weighted by molar-refractivity contribution is 8.00. The van der Waals surface area contributed by atoms with Gasteiger partial charge in [-0.05, 0) is 42.6 Å². The van der Waals surface area contributed by atoms with Gasteiger partial charge in [0.25, 0.3) is 0 Å². The van der Waals surface area contributed by atoms with Crippen LogP contribution in [0.3, 0.4) is 0 Å². The summed E-state index contributed by atoms with van der Waals surface area (Å²) in [5, 5.41) is 12.8. The lowest BCUT2D eigenvalue weighted by molar-refractivity contribution is 0.300. The molecule has 1 unspecified atom stereocenters. The van der Waals surface area contributed by atoms with E-state index >= 15 is 0 Å². The van der Waals surface area contributed by atoms with Gasteiger partial charge in [0.05, 0.1) is 6.61 Å². The van der Waals surface area contributed by atoms with E-state index in [2.05, 4.69) is 44.3 Å². The predicted octanol–water partition coefficient (Wildman–Crippen LogP) is 3.21. The Balaban J connectivity index is 2.56. The van der Waals surface area contributed by atoms with Gasteiger partial charge in [0.15, 0.2) is 0 Å². The van der Waals surface area contributed by atoms with E-state index in [1.54, 1.807) is 11.8 Å². The van der Waals surface area contributed by atoms with Crippen molar-refractivity contribution in [2.45, 2.75) is 44.4 Å². The molecule has 2 nitrogen and oxygen atoms in total. The van der Waals surface area contributed by atoms with Crippen LogP contribution in [0.15, 0.2) is 23.1 Å². The first-order valence-corrected chi connectivity index (χ1v) is 7.48. The van der Waals surface area contributed by atoms with Crippen molar-refractivity contribution in [1.29, 1.82) is 0 Å². The SMILES string of the molecule is Cc1cc(SC(C)CO)ccc1CNCC(C)C. The van der Waals surface area contributed by atoms with Gasteiger partial charge in [0, 0.05) is 16.7 Å². The van der Waals surface area contributed by atoms with Crippen LogP contribution in [0.2, 0.25) is 0 Å². The van der Waals surface area contributed by atoms with Crippen LogP contribution in [-0.2, 0) is 6.54 Å². The van der Waals surface area contributed by atoms with Gasteiger partial charge in [-0.25, -0.2) is 0 Å².